The molecule has 0 spiro atoms. The van der Waals surface area contributed by atoms with Gasteiger partial charge < -0.3 is 14.8 Å². The summed E-state index contributed by atoms with van der Waals surface area (Å²) in [4.78, 5) is 29.0. The quantitative estimate of drug-likeness (QED) is 0.719. The summed E-state index contributed by atoms with van der Waals surface area (Å²) in [6.45, 7) is 0.905. The topological polar surface area (TPSA) is 77.5 Å². The first-order chi connectivity index (χ1) is 13.7. The highest BCUT2D eigenvalue weighted by Gasteiger charge is 2.24. The van der Waals surface area contributed by atoms with E-state index in [9.17, 15) is 9.59 Å². The van der Waals surface area contributed by atoms with E-state index in [-0.39, 0.29) is 18.5 Å². The fraction of sp³-hybridized carbons (Fsp3) is 0.409. The van der Waals surface area contributed by atoms with Crippen molar-refractivity contribution in [2.75, 3.05) is 6.61 Å². The number of Topliss-reactive ketones (excluding diaryl/α,β-unsaturated/α-hetero) is 1. The van der Waals surface area contributed by atoms with Gasteiger partial charge in [-0.3, -0.25) is 9.78 Å². The Morgan fingerprint density at radius 2 is 1.93 bits per heavy atom. The predicted octanol–water partition coefficient (Wildman–Crippen LogP) is 3.45. The maximum absolute atomic E-state index is 12.8. The summed E-state index contributed by atoms with van der Waals surface area (Å²) in [7, 11) is 0. The van der Waals surface area contributed by atoms with Crippen LogP contribution in [0.5, 0.6) is 0 Å². The van der Waals surface area contributed by atoms with Gasteiger partial charge in [-0.1, -0.05) is 30.3 Å². The van der Waals surface area contributed by atoms with Gasteiger partial charge in [0.2, 0.25) is 0 Å². The van der Waals surface area contributed by atoms with E-state index in [4.69, 9.17) is 9.47 Å². The van der Waals surface area contributed by atoms with Crippen molar-refractivity contribution in [3.63, 3.8) is 0 Å². The van der Waals surface area contributed by atoms with Crippen molar-refractivity contribution in [3.05, 3.63) is 66.0 Å². The van der Waals surface area contributed by atoms with Crippen molar-refractivity contribution in [2.24, 2.45) is 0 Å². The number of amides is 1. The molecule has 0 unspecified atom stereocenters. The van der Waals surface area contributed by atoms with Crippen molar-refractivity contribution in [1.82, 2.24) is 10.3 Å². The Balaban J connectivity index is 1.56. The van der Waals surface area contributed by atoms with Gasteiger partial charge in [0.05, 0.1) is 12.1 Å². The van der Waals surface area contributed by atoms with E-state index in [0.29, 0.717) is 19.3 Å². The van der Waals surface area contributed by atoms with Crippen molar-refractivity contribution in [2.45, 2.75) is 50.9 Å². The van der Waals surface area contributed by atoms with Crippen molar-refractivity contribution in [1.29, 1.82) is 0 Å². The van der Waals surface area contributed by atoms with Gasteiger partial charge in [-0.2, -0.15) is 0 Å². The number of carbonyl (C=O) groups is 2. The molecule has 6 nitrogen and oxygen atoms in total. The lowest BCUT2D eigenvalue weighted by molar-refractivity contribution is -0.121. The van der Waals surface area contributed by atoms with Gasteiger partial charge in [-0.15, -0.1) is 0 Å². The maximum Gasteiger partial charge on any atom is 0.408 e. The SMILES string of the molecule is O=C(N[C@@H](Cc1ccccc1)C(=O)CC[C@@H]1CCCO1)OCc1ccncc1. The molecular weight excluding hydrogens is 356 g/mol. The summed E-state index contributed by atoms with van der Waals surface area (Å²) in [5.41, 5.74) is 1.84. The van der Waals surface area contributed by atoms with Gasteiger partial charge in [0, 0.05) is 25.4 Å². The van der Waals surface area contributed by atoms with E-state index in [1.807, 2.05) is 30.3 Å². The molecule has 2 aromatic rings. The Bertz CT molecular complexity index is 746. The van der Waals surface area contributed by atoms with Crippen molar-refractivity contribution >= 4 is 11.9 Å². The molecule has 2 heterocycles. The molecule has 1 aromatic heterocycles. The van der Waals surface area contributed by atoms with E-state index >= 15 is 0 Å². The minimum absolute atomic E-state index is 0.000198. The number of hydrogen-bond acceptors (Lipinski definition) is 5. The van der Waals surface area contributed by atoms with Gasteiger partial charge in [0.1, 0.15) is 6.61 Å². The monoisotopic (exact) mass is 382 g/mol. The first-order valence-corrected chi connectivity index (χ1v) is 9.71. The molecule has 6 heteroatoms. The van der Waals surface area contributed by atoms with E-state index in [2.05, 4.69) is 10.3 Å². The summed E-state index contributed by atoms with van der Waals surface area (Å²) < 4.78 is 10.9. The summed E-state index contributed by atoms with van der Waals surface area (Å²) in [6, 6.07) is 12.6. The predicted molar refractivity (Wildman–Crippen MR) is 105 cm³/mol. The smallest absolute Gasteiger partial charge is 0.408 e. The number of nitrogens with one attached hydrogen (secondary N) is 1. The molecule has 0 radical (unpaired) electrons. The first kappa shape index (κ1) is 20.0. The molecule has 0 saturated carbocycles. The molecule has 1 aromatic carbocycles. The summed E-state index contributed by atoms with van der Waals surface area (Å²) in [5.74, 6) is 0.000198. The average Bonchev–Trinajstić information content (AvgIpc) is 3.25. The summed E-state index contributed by atoms with van der Waals surface area (Å²) >= 11 is 0. The van der Waals surface area contributed by atoms with E-state index in [0.717, 1.165) is 30.6 Å². The van der Waals surface area contributed by atoms with Crippen LogP contribution in [0.4, 0.5) is 4.79 Å². The molecule has 1 saturated heterocycles. The lowest BCUT2D eigenvalue weighted by Crippen LogP contribution is -2.42. The largest absolute Gasteiger partial charge is 0.445 e. The van der Waals surface area contributed by atoms with Gasteiger partial charge >= 0.3 is 6.09 Å². The normalized spacial score (nSPS) is 17.1. The Morgan fingerprint density at radius 3 is 2.64 bits per heavy atom. The molecule has 1 fully saturated rings. The second kappa shape index (κ2) is 10.6. The Labute approximate surface area is 165 Å². The van der Waals surface area contributed by atoms with Crippen LogP contribution < -0.4 is 5.32 Å². The number of pyridine rings is 1. The van der Waals surface area contributed by atoms with Crippen LogP contribution >= 0.6 is 0 Å². The number of hydrogen-bond donors (Lipinski definition) is 1. The highest BCUT2D eigenvalue weighted by atomic mass is 16.5. The molecule has 1 amide bonds. The van der Waals surface area contributed by atoms with Crippen LogP contribution in [-0.4, -0.2) is 35.6 Å². The van der Waals surface area contributed by atoms with E-state index < -0.39 is 12.1 Å². The van der Waals surface area contributed by atoms with E-state index in [1.165, 1.54) is 0 Å². The molecule has 148 valence electrons. The molecular formula is C22H26N2O4. The van der Waals surface area contributed by atoms with Crippen LogP contribution in [0.3, 0.4) is 0 Å². The summed E-state index contributed by atoms with van der Waals surface area (Å²) in [5, 5.41) is 2.74. The number of benzene rings is 1. The first-order valence-electron chi connectivity index (χ1n) is 9.71. The van der Waals surface area contributed by atoms with Crippen LogP contribution in [-0.2, 0) is 27.3 Å². The molecule has 0 bridgehead atoms. The number of carbonyl (C=O) groups excluding carboxylic acids is 2. The fourth-order valence-electron chi connectivity index (χ4n) is 3.26. The molecule has 1 aliphatic heterocycles. The highest BCUT2D eigenvalue weighted by Crippen LogP contribution is 2.18. The lowest BCUT2D eigenvalue weighted by atomic mass is 9.98. The zero-order valence-corrected chi connectivity index (χ0v) is 15.9. The summed E-state index contributed by atoms with van der Waals surface area (Å²) in [6.07, 6.45) is 6.40. The molecule has 1 aliphatic rings. The van der Waals surface area contributed by atoms with Crippen LogP contribution in [0, 0.1) is 0 Å². The Kier molecular flexibility index (Phi) is 7.55. The van der Waals surface area contributed by atoms with Crippen LogP contribution in [0.25, 0.3) is 0 Å². The molecule has 28 heavy (non-hydrogen) atoms. The van der Waals surface area contributed by atoms with E-state index in [1.54, 1.807) is 24.5 Å². The van der Waals surface area contributed by atoms with Crippen molar-refractivity contribution < 1.29 is 19.1 Å². The maximum atomic E-state index is 12.8. The number of rotatable bonds is 9. The minimum Gasteiger partial charge on any atom is -0.445 e. The third-order valence-electron chi connectivity index (χ3n) is 4.82. The lowest BCUT2D eigenvalue weighted by Gasteiger charge is -2.19. The average molecular weight is 382 g/mol. The zero-order chi connectivity index (χ0) is 19.6. The van der Waals surface area contributed by atoms with Crippen LogP contribution in [0.2, 0.25) is 0 Å². The number of nitrogens with zero attached hydrogens (tertiary/aromatic N) is 1. The fourth-order valence-corrected chi connectivity index (χ4v) is 3.26. The Morgan fingerprint density at radius 1 is 1.14 bits per heavy atom. The van der Waals surface area contributed by atoms with Gasteiger partial charge in [0.25, 0.3) is 0 Å². The zero-order valence-electron chi connectivity index (χ0n) is 15.9. The van der Waals surface area contributed by atoms with Gasteiger partial charge in [-0.25, -0.2) is 4.79 Å². The molecule has 1 N–H and O–H groups in total. The number of ketones is 1. The molecule has 2 atom stereocenters. The van der Waals surface area contributed by atoms with Gasteiger partial charge in [-0.05, 0) is 48.9 Å². The van der Waals surface area contributed by atoms with Crippen LogP contribution in [0.1, 0.15) is 36.8 Å². The highest BCUT2D eigenvalue weighted by molar-refractivity contribution is 5.87. The number of alkyl carbamates (subject to hydrolysis) is 1. The second-order valence-electron chi connectivity index (χ2n) is 6.96. The van der Waals surface area contributed by atoms with Crippen LogP contribution in [0.15, 0.2) is 54.9 Å². The number of ether oxygens (including phenoxy) is 2. The number of aromatic nitrogens is 1. The standard InChI is InChI=1S/C22H26N2O4/c25-21(9-8-19-7-4-14-27-19)20(15-17-5-2-1-3-6-17)24-22(26)28-16-18-10-12-23-13-11-18/h1-3,5-6,10-13,19-20H,4,7-9,14-16H2,(H,24,26)/t19-,20-/m0/s1. The van der Waals surface area contributed by atoms with Crippen molar-refractivity contribution in [3.8, 4) is 0 Å². The minimum atomic E-state index is -0.617. The third-order valence-corrected chi connectivity index (χ3v) is 4.82. The third kappa shape index (κ3) is 6.46. The van der Waals surface area contributed by atoms with Gasteiger partial charge in [0.15, 0.2) is 5.78 Å². The molecule has 0 aliphatic carbocycles. The Hall–Kier alpha value is -2.73. The molecule has 3 rings (SSSR count). The second-order valence-corrected chi connectivity index (χ2v) is 6.96.